The zero-order valence-corrected chi connectivity index (χ0v) is 12.4. The van der Waals surface area contributed by atoms with Gasteiger partial charge in [0.2, 0.25) is 0 Å². The van der Waals surface area contributed by atoms with Gasteiger partial charge >= 0.3 is 0 Å². The number of benzene rings is 1. The highest BCUT2D eigenvalue weighted by Gasteiger charge is 2.16. The van der Waals surface area contributed by atoms with E-state index in [-0.39, 0.29) is 5.82 Å². The number of rotatable bonds is 2. The maximum Gasteiger partial charge on any atom is 0.142 e. The Labute approximate surface area is 128 Å². The Balaban J connectivity index is 2.27. The number of aromatic nitrogens is 1. The third-order valence-corrected chi connectivity index (χ3v) is 3.61. The minimum Gasteiger partial charge on any atom is -0.464 e. The highest BCUT2D eigenvalue weighted by Crippen LogP contribution is 2.32. The summed E-state index contributed by atoms with van der Waals surface area (Å²) in [5.41, 5.74) is 11.0. The molecule has 0 unspecified atom stereocenters. The van der Waals surface area contributed by atoms with Crippen LogP contribution in [0.5, 0.6) is 0 Å². The molecule has 3 rings (SSSR count). The van der Waals surface area contributed by atoms with Crippen LogP contribution in [0.1, 0.15) is 16.7 Å². The first-order chi connectivity index (χ1) is 10.6. The average molecular weight is 289 g/mol. The number of anilines is 1. The van der Waals surface area contributed by atoms with E-state index in [0.717, 1.165) is 22.4 Å². The van der Waals surface area contributed by atoms with Crippen molar-refractivity contribution in [3.05, 3.63) is 59.4 Å². The molecule has 22 heavy (non-hydrogen) atoms. The summed E-state index contributed by atoms with van der Waals surface area (Å²) >= 11 is 0. The monoisotopic (exact) mass is 289 g/mol. The van der Waals surface area contributed by atoms with Crippen LogP contribution >= 0.6 is 0 Å². The summed E-state index contributed by atoms with van der Waals surface area (Å²) in [6.07, 6.45) is 1.57. The molecular weight excluding hydrogens is 274 g/mol. The molecule has 0 atom stereocenters. The second kappa shape index (κ2) is 5.38. The summed E-state index contributed by atoms with van der Waals surface area (Å²) in [6.45, 7) is 4.06. The fraction of sp³-hybridized carbons (Fsp3) is 0.111. The predicted molar refractivity (Wildman–Crippen MR) is 86.0 cm³/mol. The van der Waals surface area contributed by atoms with Crippen molar-refractivity contribution in [2.75, 3.05) is 5.73 Å². The maximum atomic E-state index is 9.35. The van der Waals surface area contributed by atoms with E-state index in [1.807, 2.05) is 32.0 Å². The fourth-order valence-corrected chi connectivity index (χ4v) is 2.46. The Bertz CT molecular complexity index is 874. The van der Waals surface area contributed by atoms with Crippen molar-refractivity contribution in [3.8, 4) is 28.7 Å². The number of nitriles is 1. The Hall–Kier alpha value is -3.06. The molecule has 3 aromatic rings. The molecule has 0 aliphatic heterocycles. The molecule has 0 saturated heterocycles. The normalized spacial score (nSPS) is 10.4. The van der Waals surface area contributed by atoms with Gasteiger partial charge in [-0.2, -0.15) is 5.26 Å². The quantitative estimate of drug-likeness (QED) is 0.771. The van der Waals surface area contributed by atoms with E-state index in [0.29, 0.717) is 16.9 Å². The second-order valence-corrected chi connectivity index (χ2v) is 5.22. The molecule has 0 spiro atoms. The van der Waals surface area contributed by atoms with Gasteiger partial charge in [0.25, 0.3) is 0 Å². The van der Waals surface area contributed by atoms with Gasteiger partial charge < -0.3 is 10.2 Å². The first kappa shape index (κ1) is 13.9. The lowest BCUT2D eigenvalue weighted by atomic mass is 9.99. The topological polar surface area (TPSA) is 75.8 Å². The second-order valence-electron chi connectivity index (χ2n) is 5.22. The van der Waals surface area contributed by atoms with Crippen LogP contribution in [0.3, 0.4) is 0 Å². The summed E-state index contributed by atoms with van der Waals surface area (Å²) in [5, 5.41) is 9.35. The van der Waals surface area contributed by atoms with Gasteiger partial charge in [-0.15, -0.1) is 0 Å². The molecule has 0 saturated carbocycles. The van der Waals surface area contributed by atoms with Crippen molar-refractivity contribution in [3.63, 3.8) is 0 Å². The molecular formula is C18H15N3O. The number of pyridine rings is 1. The van der Waals surface area contributed by atoms with Gasteiger partial charge in [-0.3, -0.25) is 0 Å². The van der Waals surface area contributed by atoms with Crippen molar-refractivity contribution in [2.24, 2.45) is 0 Å². The molecule has 108 valence electrons. The molecule has 0 fully saturated rings. The van der Waals surface area contributed by atoms with Gasteiger partial charge in [-0.25, -0.2) is 4.98 Å². The van der Waals surface area contributed by atoms with E-state index >= 15 is 0 Å². The molecule has 2 heterocycles. The minimum atomic E-state index is 0.215. The fourth-order valence-electron chi connectivity index (χ4n) is 2.46. The van der Waals surface area contributed by atoms with Gasteiger partial charge in [-0.1, -0.05) is 17.7 Å². The Morgan fingerprint density at radius 3 is 2.64 bits per heavy atom. The van der Waals surface area contributed by atoms with E-state index in [9.17, 15) is 5.26 Å². The summed E-state index contributed by atoms with van der Waals surface area (Å²) in [5.74, 6) is 0.824. The number of nitrogen functional groups attached to an aromatic ring is 1. The largest absolute Gasteiger partial charge is 0.464 e. The molecule has 0 aliphatic carbocycles. The van der Waals surface area contributed by atoms with Crippen LogP contribution in [0, 0.1) is 25.2 Å². The van der Waals surface area contributed by atoms with Crippen LogP contribution in [0.15, 0.2) is 47.1 Å². The summed E-state index contributed by atoms with van der Waals surface area (Å²) in [4.78, 5) is 4.40. The van der Waals surface area contributed by atoms with Crippen LogP contribution in [-0.2, 0) is 0 Å². The molecule has 0 aliphatic rings. The number of hydrogen-bond donors (Lipinski definition) is 1. The van der Waals surface area contributed by atoms with Gasteiger partial charge in [0.1, 0.15) is 23.2 Å². The summed E-state index contributed by atoms with van der Waals surface area (Å²) in [7, 11) is 0. The highest BCUT2D eigenvalue weighted by atomic mass is 16.3. The van der Waals surface area contributed by atoms with Crippen LogP contribution < -0.4 is 5.73 Å². The molecule has 0 radical (unpaired) electrons. The molecule has 0 amide bonds. The zero-order chi connectivity index (χ0) is 15.7. The lowest BCUT2D eigenvalue weighted by Crippen LogP contribution is -2.00. The number of nitrogens with two attached hydrogens (primary N) is 1. The Morgan fingerprint density at radius 2 is 1.95 bits per heavy atom. The molecule has 0 bridgehead atoms. The summed E-state index contributed by atoms with van der Waals surface area (Å²) in [6, 6.07) is 13.7. The molecule has 4 heteroatoms. The van der Waals surface area contributed by atoms with Gasteiger partial charge in [0.05, 0.1) is 12.0 Å². The van der Waals surface area contributed by atoms with E-state index in [1.165, 1.54) is 0 Å². The summed E-state index contributed by atoms with van der Waals surface area (Å²) < 4.78 is 5.43. The first-order valence-electron chi connectivity index (χ1n) is 6.92. The first-order valence-corrected chi connectivity index (χ1v) is 6.92. The van der Waals surface area contributed by atoms with E-state index in [1.54, 1.807) is 12.3 Å². The third-order valence-electron chi connectivity index (χ3n) is 3.61. The van der Waals surface area contributed by atoms with Crippen molar-refractivity contribution in [2.45, 2.75) is 13.8 Å². The smallest absolute Gasteiger partial charge is 0.142 e. The van der Waals surface area contributed by atoms with Crippen LogP contribution in [-0.4, -0.2) is 4.98 Å². The van der Waals surface area contributed by atoms with Gasteiger partial charge in [0, 0.05) is 11.1 Å². The van der Waals surface area contributed by atoms with Crippen LogP contribution in [0.2, 0.25) is 0 Å². The van der Waals surface area contributed by atoms with Crippen molar-refractivity contribution >= 4 is 5.82 Å². The number of hydrogen-bond acceptors (Lipinski definition) is 4. The molecule has 1 aromatic carbocycles. The van der Waals surface area contributed by atoms with E-state index in [2.05, 4.69) is 23.2 Å². The van der Waals surface area contributed by atoms with Crippen LogP contribution in [0.4, 0.5) is 5.82 Å². The maximum absolute atomic E-state index is 9.35. The highest BCUT2D eigenvalue weighted by molar-refractivity contribution is 5.78. The number of furan rings is 1. The van der Waals surface area contributed by atoms with Crippen LogP contribution in [0.25, 0.3) is 22.6 Å². The minimum absolute atomic E-state index is 0.215. The standard InChI is InChI=1S/C18H15N3O/c1-11-5-6-12(2)13(8-11)16-9-14(17-4-3-7-22-17)15(10-19)18(20)21-16/h3-9H,1-2H3,(H2,20,21). The predicted octanol–water partition coefficient (Wildman–Crippen LogP) is 4.08. The van der Waals surface area contributed by atoms with E-state index < -0.39 is 0 Å². The van der Waals surface area contributed by atoms with E-state index in [4.69, 9.17) is 10.2 Å². The Kier molecular flexibility index (Phi) is 3.40. The van der Waals surface area contributed by atoms with Gasteiger partial charge in [0.15, 0.2) is 0 Å². The lowest BCUT2D eigenvalue weighted by Gasteiger charge is -2.11. The zero-order valence-electron chi connectivity index (χ0n) is 12.4. The number of aryl methyl sites for hydroxylation is 2. The molecule has 2 aromatic heterocycles. The lowest BCUT2D eigenvalue weighted by molar-refractivity contribution is 0.582. The van der Waals surface area contributed by atoms with Crippen molar-refractivity contribution in [1.82, 2.24) is 4.98 Å². The van der Waals surface area contributed by atoms with Gasteiger partial charge in [-0.05, 0) is 43.7 Å². The SMILES string of the molecule is Cc1ccc(C)c(-c2cc(-c3ccco3)c(C#N)c(N)n2)c1. The number of nitrogens with zero attached hydrogens (tertiary/aromatic N) is 2. The molecule has 2 N–H and O–H groups in total. The molecule has 4 nitrogen and oxygen atoms in total. The van der Waals surface area contributed by atoms with Crippen molar-refractivity contribution < 1.29 is 4.42 Å². The average Bonchev–Trinajstić information content (AvgIpc) is 3.03. The Morgan fingerprint density at radius 1 is 1.14 bits per heavy atom. The van der Waals surface area contributed by atoms with Crippen molar-refractivity contribution in [1.29, 1.82) is 5.26 Å². The third kappa shape index (κ3) is 2.33.